The van der Waals surface area contributed by atoms with E-state index in [2.05, 4.69) is 26.5 Å². The average molecular weight is 310 g/mol. The van der Waals surface area contributed by atoms with Crippen LogP contribution in [0.25, 0.3) is 0 Å². The summed E-state index contributed by atoms with van der Waals surface area (Å²) < 4.78 is 10.7. The largest absolute Gasteiger partial charge is 0.493 e. The lowest BCUT2D eigenvalue weighted by Gasteiger charge is -2.31. The summed E-state index contributed by atoms with van der Waals surface area (Å²) in [6.07, 6.45) is 4.43. The van der Waals surface area contributed by atoms with Crippen LogP contribution in [0.5, 0.6) is 5.75 Å². The van der Waals surface area contributed by atoms with E-state index < -0.39 is 0 Å². The maximum Gasteiger partial charge on any atom is 0.337 e. The Morgan fingerprint density at radius 3 is 2.43 bits per heavy atom. The molecule has 0 amide bonds. The summed E-state index contributed by atoms with van der Waals surface area (Å²) in [4.78, 5) is 11.5. The predicted octanol–water partition coefficient (Wildman–Crippen LogP) is 4.37. The first-order valence-electron chi connectivity index (χ1n) is 7.53. The van der Waals surface area contributed by atoms with Crippen molar-refractivity contribution in [3.05, 3.63) is 29.8 Å². The van der Waals surface area contributed by atoms with Crippen LogP contribution in [0, 0.1) is 5.41 Å². The fraction of sp³-hybridized carbons (Fsp3) is 0.588. The van der Waals surface area contributed by atoms with Crippen LogP contribution < -0.4 is 4.74 Å². The number of rotatable bonds is 9. The molecule has 4 heteroatoms. The van der Waals surface area contributed by atoms with Gasteiger partial charge in [-0.2, -0.15) is 12.6 Å². The summed E-state index contributed by atoms with van der Waals surface area (Å²) in [5, 5.41) is 0. The molecule has 21 heavy (non-hydrogen) atoms. The monoisotopic (exact) mass is 310 g/mol. The summed E-state index contributed by atoms with van der Waals surface area (Å²) >= 11 is 4.53. The normalized spacial score (nSPS) is 11.2. The van der Waals surface area contributed by atoms with Gasteiger partial charge in [-0.05, 0) is 36.8 Å². The smallest absolute Gasteiger partial charge is 0.337 e. The summed E-state index contributed by atoms with van der Waals surface area (Å²) in [5.74, 6) is 1.17. The van der Waals surface area contributed by atoms with E-state index in [4.69, 9.17) is 9.47 Å². The van der Waals surface area contributed by atoms with Gasteiger partial charge in [-0.1, -0.05) is 32.8 Å². The van der Waals surface area contributed by atoms with Crippen LogP contribution in [-0.4, -0.2) is 25.4 Å². The lowest BCUT2D eigenvalue weighted by Crippen LogP contribution is -2.30. The number of esters is 1. The molecule has 118 valence electrons. The maximum atomic E-state index is 11.5. The summed E-state index contributed by atoms with van der Waals surface area (Å²) in [6.45, 7) is 5.00. The second-order valence-corrected chi connectivity index (χ2v) is 5.78. The van der Waals surface area contributed by atoms with Crippen molar-refractivity contribution in [2.45, 2.75) is 39.5 Å². The molecule has 0 aliphatic heterocycles. The molecule has 0 unspecified atom stereocenters. The SMILES string of the molecule is CCCC(CS)(CCC)COc1cccc(C(=O)OC)c1. The highest BCUT2D eigenvalue weighted by atomic mass is 32.1. The molecular weight excluding hydrogens is 284 g/mol. The van der Waals surface area contributed by atoms with Gasteiger partial charge < -0.3 is 9.47 Å². The first kappa shape index (κ1) is 17.9. The quantitative estimate of drug-likeness (QED) is 0.543. The molecule has 0 heterocycles. The molecule has 3 nitrogen and oxygen atoms in total. The molecular formula is C17H26O3S. The topological polar surface area (TPSA) is 35.5 Å². The van der Waals surface area contributed by atoms with E-state index >= 15 is 0 Å². The van der Waals surface area contributed by atoms with Gasteiger partial charge in [0.05, 0.1) is 19.3 Å². The lowest BCUT2D eigenvalue weighted by atomic mass is 9.82. The van der Waals surface area contributed by atoms with Crippen molar-refractivity contribution in [1.82, 2.24) is 0 Å². The van der Waals surface area contributed by atoms with Crippen LogP contribution in [-0.2, 0) is 4.74 Å². The fourth-order valence-corrected chi connectivity index (χ4v) is 3.01. The molecule has 1 aromatic carbocycles. The third-order valence-corrected chi connectivity index (χ3v) is 4.37. The van der Waals surface area contributed by atoms with Crippen LogP contribution in [0.15, 0.2) is 24.3 Å². The molecule has 0 aliphatic carbocycles. The van der Waals surface area contributed by atoms with Gasteiger partial charge in [0.1, 0.15) is 5.75 Å². The third kappa shape index (κ3) is 5.27. The molecule has 1 aromatic rings. The Balaban J connectivity index is 2.77. The molecule has 0 fully saturated rings. The number of hydrogen-bond donors (Lipinski definition) is 1. The van der Waals surface area contributed by atoms with Crippen LogP contribution in [0.4, 0.5) is 0 Å². The molecule has 0 saturated carbocycles. The van der Waals surface area contributed by atoms with Gasteiger partial charge in [0.2, 0.25) is 0 Å². The van der Waals surface area contributed by atoms with E-state index in [1.54, 1.807) is 12.1 Å². The predicted molar refractivity (Wildman–Crippen MR) is 89.4 cm³/mol. The van der Waals surface area contributed by atoms with Crippen LogP contribution in [0.1, 0.15) is 49.9 Å². The summed E-state index contributed by atoms with van der Waals surface area (Å²) in [5.41, 5.74) is 0.617. The second kappa shape index (κ2) is 8.98. The highest BCUT2D eigenvalue weighted by Crippen LogP contribution is 2.32. The van der Waals surface area contributed by atoms with Gasteiger partial charge >= 0.3 is 5.97 Å². The zero-order valence-corrected chi connectivity index (χ0v) is 14.1. The second-order valence-electron chi connectivity index (χ2n) is 5.47. The third-order valence-electron chi connectivity index (χ3n) is 3.70. The van der Waals surface area contributed by atoms with Crippen LogP contribution in [0.2, 0.25) is 0 Å². The van der Waals surface area contributed by atoms with Gasteiger partial charge in [0, 0.05) is 5.41 Å². The van der Waals surface area contributed by atoms with Crippen molar-refractivity contribution >= 4 is 18.6 Å². The first-order valence-corrected chi connectivity index (χ1v) is 8.16. The number of carbonyl (C=O) groups is 1. The summed E-state index contributed by atoms with van der Waals surface area (Å²) in [7, 11) is 1.38. The van der Waals surface area contributed by atoms with Crippen molar-refractivity contribution in [3.63, 3.8) is 0 Å². The van der Waals surface area contributed by atoms with Crippen LogP contribution in [0.3, 0.4) is 0 Å². The van der Waals surface area contributed by atoms with E-state index in [0.29, 0.717) is 17.9 Å². The van der Waals surface area contributed by atoms with Crippen molar-refractivity contribution in [2.24, 2.45) is 5.41 Å². The molecule has 0 aromatic heterocycles. The van der Waals surface area contributed by atoms with Gasteiger partial charge in [-0.3, -0.25) is 0 Å². The average Bonchev–Trinajstić information content (AvgIpc) is 2.52. The number of thiol groups is 1. The number of benzene rings is 1. The van der Waals surface area contributed by atoms with E-state index in [1.165, 1.54) is 7.11 Å². The minimum Gasteiger partial charge on any atom is -0.493 e. The van der Waals surface area contributed by atoms with Gasteiger partial charge in [0.25, 0.3) is 0 Å². The van der Waals surface area contributed by atoms with Gasteiger partial charge in [-0.15, -0.1) is 0 Å². The van der Waals surface area contributed by atoms with E-state index in [-0.39, 0.29) is 11.4 Å². The van der Waals surface area contributed by atoms with E-state index in [9.17, 15) is 4.79 Å². The minimum atomic E-state index is -0.344. The Morgan fingerprint density at radius 1 is 1.24 bits per heavy atom. The van der Waals surface area contributed by atoms with Gasteiger partial charge in [-0.25, -0.2) is 4.79 Å². The highest BCUT2D eigenvalue weighted by molar-refractivity contribution is 7.80. The molecule has 1 rings (SSSR count). The first-order chi connectivity index (χ1) is 10.1. The van der Waals surface area contributed by atoms with Gasteiger partial charge in [0.15, 0.2) is 0 Å². The Bertz CT molecular complexity index is 439. The van der Waals surface area contributed by atoms with Crippen molar-refractivity contribution < 1.29 is 14.3 Å². The highest BCUT2D eigenvalue weighted by Gasteiger charge is 2.28. The Morgan fingerprint density at radius 2 is 1.90 bits per heavy atom. The van der Waals surface area contributed by atoms with Crippen molar-refractivity contribution in [1.29, 1.82) is 0 Å². The minimum absolute atomic E-state index is 0.105. The lowest BCUT2D eigenvalue weighted by molar-refractivity contribution is 0.0600. The Labute approximate surface area is 133 Å². The molecule has 0 N–H and O–H groups in total. The molecule has 0 atom stereocenters. The number of carbonyl (C=O) groups excluding carboxylic acids is 1. The van der Waals surface area contributed by atoms with E-state index in [1.807, 2.05) is 12.1 Å². The number of hydrogen-bond acceptors (Lipinski definition) is 4. The number of ether oxygens (including phenoxy) is 2. The fourth-order valence-electron chi connectivity index (χ4n) is 2.60. The Kier molecular flexibility index (Phi) is 7.65. The van der Waals surface area contributed by atoms with E-state index in [0.717, 1.165) is 31.4 Å². The van der Waals surface area contributed by atoms with Crippen molar-refractivity contribution in [2.75, 3.05) is 19.5 Å². The molecule has 0 aliphatic rings. The molecule has 0 saturated heterocycles. The molecule has 0 spiro atoms. The standard InChI is InChI=1S/C17H26O3S/c1-4-9-17(13-21,10-5-2)12-20-15-8-6-7-14(11-15)16(18)19-3/h6-8,11,21H,4-5,9-10,12-13H2,1-3H3. The maximum absolute atomic E-state index is 11.5. The zero-order chi connectivity index (χ0) is 15.7. The Hall–Kier alpha value is -1.16. The molecule has 0 bridgehead atoms. The summed E-state index contributed by atoms with van der Waals surface area (Å²) in [6, 6.07) is 7.13. The molecule has 0 radical (unpaired) electrons. The number of methoxy groups -OCH3 is 1. The van der Waals surface area contributed by atoms with Crippen molar-refractivity contribution in [3.8, 4) is 5.75 Å². The van der Waals surface area contributed by atoms with Crippen LogP contribution >= 0.6 is 12.6 Å². The zero-order valence-electron chi connectivity index (χ0n) is 13.2.